The van der Waals surface area contributed by atoms with E-state index in [2.05, 4.69) is 10.4 Å². The van der Waals surface area contributed by atoms with Gasteiger partial charge in [0.1, 0.15) is 16.9 Å². The van der Waals surface area contributed by atoms with Crippen LogP contribution in [0.5, 0.6) is 0 Å². The number of benzene rings is 2. The van der Waals surface area contributed by atoms with Gasteiger partial charge < -0.3 is 11.1 Å². The van der Waals surface area contributed by atoms with Gasteiger partial charge in [-0.15, -0.1) is 0 Å². The lowest BCUT2D eigenvalue weighted by Crippen LogP contribution is -2.33. The van der Waals surface area contributed by atoms with Gasteiger partial charge in [-0.25, -0.2) is 9.97 Å². The number of nitrogens with one attached hydrogen (secondary N) is 1. The number of para-hydroxylation sites is 2. The normalized spacial score (nSPS) is 14.7. The first-order valence-corrected chi connectivity index (χ1v) is 10.7. The van der Waals surface area contributed by atoms with Crippen LogP contribution in [0.2, 0.25) is 5.02 Å². The molecule has 0 unspecified atom stereocenters. The Hall–Kier alpha value is -3.45. The standard InChI is InChI=1S/C23H21ClN6O/c24-15-11-9-14(10-12-15)13-26-30-21(25)19(23(31)27-16-5-1-2-6-16)20-22(30)29-18-8-4-3-7-17(18)28-20/h3-4,7-13,16H,1-2,5-6,25H2,(H,27,31)/b26-13+. The number of nitrogens with two attached hydrogens (primary N) is 1. The minimum Gasteiger partial charge on any atom is -0.383 e. The van der Waals surface area contributed by atoms with Crippen molar-refractivity contribution in [2.45, 2.75) is 31.7 Å². The quantitative estimate of drug-likeness (QED) is 0.467. The van der Waals surface area contributed by atoms with E-state index in [4.69, 9.17) is 27.3 Å². The Morgan fingerprint density at radius 3 is 2.48 bits per heavy atom. The highest BCUT2D eigenvalue weighted by Gasteiger charge is 2.26. The number of carbonyl (C=O) groups excluding carboxylic acids is 1. The second-order valence-electron chi connectivity index (χ2n) is 7.71. The molecule has 3 N–H and O–H groups in total. The number of nitrogens with zero attached hydrogens (tertiary/aromatic N) is 4. The predicted octanol–water partition coefficient (Wildman–Crippen LogP) is 4.37. The van der Waals surface area contributed by atoms with Gasteiger partial charge in [0.05, 0.1) is 17.2 Å². The molecule has 1 aliphatic rings. The maximum atomic E-state index is 13.2. The second-order valence-corrected chi connectivity index (χ2v) is 8.14. The summed E-state index contributed by atoms with van der Waals surface area (Å²) in [6, 6.07) is 15.0. The van der Waals surface area contributed by atoms with E-state index in [0.29, 0.717) is 32.8 Å². The maximum Gasteiger partial charge on any atom is 0.257 e. The number of amides is 1. The van der Waals surface area contributed by atoms with Crippen LogP contribution in [0.4, 0.5) is 5.82 Å². The van der Waals surface area contributed by atoms with E-state index >= 15 is 0 Å². The molecule has 2 aromatic heterocycles. The Morgan fingerprint density at radius 2 is 1.77 bits per heavy atom. The number of anilines is 1. The Kier molecular flexibility index (Phi) is 5.03. The molecule has 2 heterocycles. The molecule has 0 spiro atoms. The third-order valence-electron chi connectivity index (χ3n) is 5.58. The van der Waals surface area contributed by atoms with E-state index < -0.39 is 0 Å². The molecular formula is C23H21ClN6O. The first-order valence-electron chi connectivity index (χ1n) is 10.3. The zero-order valence-corrected chi connectivity index (χ0v) is 17.5. The highest BCUT2D eigenvalue weighted by atomic mass is 35.5. The number of hydrogen-bond donors (Lipinski definition) is 2. The highest BCUT2D eigenvalue weighted by Crippen LogP contribution is 2.28. The molecule has 0 saturated heterocycles. The van der Waals surface area contributed by atoms with Gasteiger partial charge in [0.2, 0.25) is 0 Å². The fraction of sp³-hybridized carbons (Fsp3) is 0.217. The summed E-state index contributed by atoms with van der Waals surface area (Å²) >= 11 is 5.96. The minimum absolute atomic E-state index is 0.163. The Balaban J connectivity index is 1.64. The number of halogens is 1. The molecule has 31 heavy (non-hydrogen) atoms. The number of rotatable bonds is 4. The van der Waals surface area contributed by atoms with Crippen LogP contribution >= 0.6 is 11.6 Å². The number of aromatic nitrogens is 3. The summed E-state index contributed by atoms with van der Waals surface area (Å²) in [5.74, 6) is -0.0227. The van der Waals surface area contributed by atoms with Crippen LogP contribution in [0.1, 0.15) is 41.6 Å². The van der Waals surface area contributed by atoms with Crippen LogP contribution in [0.25, 0.3) is 22.2 Å². The van der Waals surface area contributed by atoms with Gasteiger partial charge in [0, 0.05) is 11.1 Å². The fourth-order valence-corrected chi connectivity index (χ4v) is 4.12. The van der Waals surface area contributed by atoms with Crippen molar-refractivity contribution in [2.24, 2.45) is 5.10 Å². The zero-order valence-electron chi connectivity index (χ0n) is 16.8. The van der Waals surface area contributed by atoms with Gasteiger partial charge in [0.15, 0.2) is 5.65 Å². The van der Waals surface area contributed by atoms with Crippen molar-refractivity contribution in [1.29, 1.82) is 0 Å². The van der Waals surface area contributed by atoms with Crippen molar-refractivity contribution in [3.63, 3.8) is 0 Å². The lowest BCUT2D eigenvalue weighted by atomic mass is 10.2. The zero-order chi connectivity index (χ0) is 21.4. The summed E-state index contributed by atoms with van der Waals surface area (Å²) in [5.41, 5.74) is 9.88. The lowest BCUT2D eigenvalue weighted by molar-refractivity contribution is 0.0940. The summed E-state index contributed by atoms with van der Waals surface area (Å²) < 4.78 is 1.48. The molecular weight excluding hydrogens is 412 g/mol. The number of nitrogen functional groups attached to an aromatic ring is 1. The smallest absolute Gasteiger partial charge is 0.257 e. The fourth-order valence-electron chi connectivity index (χ4n) is 3.99. The third kappa shape index (κ3) is 3.72. The van der Waals surface area contributed by atoms with Gasteiger partial charge in [-0.3, -0.25) is 4.79 Å². The van der Waals surface area contributed by atoms with Crippen molar-refractivity contribution in [2.75, 3.05) is 5.73 Å². The summed E-state index contributed by atoms with van der Waals surface area (Å²) in [5, 5.41) is 8.26. The monoisotopic (exact) mass is 432 g/mol. The molecule has 0 aliphatic heterocycles. The number of carbonyl (C=O) groups is 1. The Morgan fingerprint density at radius 1 is 1.10 bits per heavy atom. The van der Waals surface area contributed by atoms with E-state index in [9.17, 15) is 4.79 Å². The van der Waals surface area contributed by atoms with Gasteiger partial charge in [-0.05, 0) is 42.7 Å². The van der Waals surface area contributed by atoms with Crippen molar-refractivity contribution < 1.29 is 4.79 Å². The Labute approximate surface area is 183 Å². The van der Waals surface area contributed by atoms with Crippen molar-refractivity contribution in [3.05, 3.63) is 64.7 Å². The Bertz CT molecular complexity index is 1310. The summed E-state index contributed by atoms with van der Waals surface area (Å²) in [6.07, 6.45) is 5.86. The van der Waals surface area contributed by atoms with Crippen LogP contribution in [0, 0.1) is 0 Å². The summed E-state index contributed by atoms with van der Waals surface area (Å²) in [4.78, 5) is 22.6. The average Bonchev–Trinajstić information content (AvgIpc) is 3.37. The molecule has 8 heteroatoms. The average molecular weight is 433 g/mol. The van der Waals surface area contributed by atoms with E-state index in [-0.39, 0.29) is 17.8 Å². The summed E-state index contributed by atoms with van der Waals surface area (Å²) in [7, 11) is 0. The molecule has 5 rings (SSSR count). The molecule has 1 amide bonds. The lowest BCUT2D eigenvalue weighted by Gasteiger charge is -2.11. The van der Waals surface area contributed by atoms with E-state index in [1.807, 2.05) is 36.4 Å². The SMILES string of the molecule is Nc1c(C(=O)NC2CCCC2)c2nc3ccccc3nc2n1/N=C/c1ccc(Cl)cc1. The largest absolute Gasteiger partial charge is 0.383 e. The molecule has 4 aromatic rings. The maximum absolute atomic E-state index is 13.2. The molecule has 1 aliphatic carbocycles. The predicted molar refractivity (Wildman–Crippen MR) is 124 cm³/mol. The van der Waals surface area contributed by atoms with Crippen LogP contribution in [-0.2, 0) is 0 Å². The summed E-state index contributed by atoms with van der Waals surface area (Å²) in [6.45, 7) is 0. The molecule has 156 valence electrons. The van der Waals surface area contributed by atoms with Gasteiger partial charge in [-0.1, -0.05) is 48.7 Å². The second kappa shape index (κ2) is 8.00. The van der Waals surface area contributed by atoms with Gasteiger partial charge in [-0.2, -0.15) is 9.78 Å². The van der Waals surface area contributed by atoms with Crippen molar-refractivity contribution in [3.8, 4) is 0 Å². The molecule has 7 nitrogen and oxygen atoms in total. The molecule has 1 fully saturated rings. The van der Waals surface area contributed by atoms with Crippen molar-refractivity contribution >= 4 is 51.7 Å². The van der Waals surface area contributed by atoms with Crippen LogP contribution in [0.15, 0.2) is 53.6 Å². The van der Waals surface area contributed by atoms with E-state index in [1.54, 1.807) is 18.3 Å². The number of fused-ring (bicyclic) bond motifs is 2. The molecule has 0 bridgehead atoms. The first-order chi connectivity index (χ1) is 15.1. The molecule has 2 aromatic carbocycles. The van der Waals surface area contributed by atoms with E-state index in [0.717, 1.165) is 31.2 Å². The van der Waals surface area contributed by atoms with Crippen LogP contribution < -0.4 is 11.1 Å². The molecule has 0 radical (unpaired) electrons. The van der Waals surface area contributed by atoms with Crippen LogP contribution in [-0.4, -0.2) is 32.8 Å². The van der Waals surface area contributed by atoms with E-state index in [1.165, 1.54) is 4.68 Å². The molecule has 1 saturated carbocycles. The first kappa shape index (κ1) is 19.5. The minimum atomic E-state index is -0.237. The van der Waals surface area contributed by atoms with Crippen LogP contribution in [0.3, 0.4) is 0 Å². The van der Waals surface area contributed by atoms with Crippen molar-refractivity contribution in [1.82, 2.24) is 20.0 Å². The topological polar surface area (TPSA) is 98.2 Å². The van der Waals surface area contributed by atoms with Gasteiger partial charge in [0.25, 0.3) is 5.91 Å². The number of hydrogen-bond acceptors (Lipinski definition) is 5. The highest BCUT2D eigenvalue weighted by molar-refractivity contribution is 6.30. The van der Waals surface area contributed by atoms with Gasteiger partial charge >= 0.3 is 0 Å². The molecule has 0 atom stereocenters. The third-order valence-corrected chi connectivity index (χ3v) is 5.84.